The van der Waals surface area contributed by atoms with Gasteiger partial charge in [-0.25, -0.2) is 8.42 Å². The van der Waals surface area contributed by atoms with E-state index in [0.29, 0.717) is 36.5 Å². The molecule has 1 fully saturated rings. The number of alkyl halides is 1. The molecule has 18 heavy (non-hydrogen) atoms. The summed E-state index contributed by atoms with van der Waals surface area (Å²) in [4.78, 5) is 0.287. The van der Waals surface area contributed by atoms with Gasteiger partial charge in [0.1, 0.15) is 4.90 Å². The molecule has 0 spiro atoms. The monoisotopic (exact) mass is 337 g/mol. The smallest absolute Gasteiger partial charge is 0.247 e. The SMILES string of the molecule is Cc1n[nH]c(C)c1S(=O)(=O)N1CCOCC1CBr. The first kappa shape index (κ1) is 14.0. The van der Waals surface area contributed by atoms with Crippen LogP contribution in [0.5, 0.6) is 0 Å². The molecule has 102 valence electrons. The molecule has 1 aromatic rings. The highest BCUT2D eigenvalue weighted by Crippen LogP contribution is 2.25. The summed E-state index contributed by atoms with van der Waals surface area (Å²) in [5, 5.41) is 7.23. The summed E-state index contributed by atoms with van der Waals surface area (Å²) in [6, 6.07) is -0.169. The van der Waals surface area contributed by atoms with E-state index < -0.39 is 10.0 Å². The topological polar surface area (TPSA) is 75.3 Å². The summed E-state index contributed by atoms with van der Waals surface area (Å²) in [5.74, 6) is 0. The number of aromatic amines is 1. The van der Waals surface area contributed by atoms with E-state index in [4.69, 9.17) is 4.74 Å². The lowest BCUT2D eigenvalue weighted by Crippen LogP contribution is -2.49. The number of hydrogen-bond acceptors (Lipinski definition) is 4. The van der Waals surface area contributed by atoms with Gasteiger partial charge in [-0.2, -0.15) is 9.40 Å². The van der Waals surface area contributed by atoms with E-state index in [1.165, 1.54) is 4.31 Å². The number of hydrogen-bond donors (Lipinski definition) is 1. The molecule has 1 atom stereocenters. The fourth-order valence-electron chi connectivity index (χ4n) is 2.12. The largest absolute Gasteiger partial charge is 0.378 e. The third-order valence-corrected chi connectivity index (χ3v) is 5.94. The average Bonchev–Trinajstić information content (AvgIpc) is 2.69. The van der Waals surface area contributed by atoms with Gasteiger partial charge >= 0.3 is 0 Å². The van der Waals surface area contributed by atoms with Gasteiger partial charge in [0, 0.05) is 11.9 Å². The van der Waals surface area contributed by atoms with E-state index in [2.05, 4.69) is 26.1 Å². The Balaban J connectivity index is 2.41. The molecule has 8 heteroatoms. The third-order valence-electron chi connectivity index (χ3n) is 2.98. The molecular weight excluding hydrogens is 322 g/mol. The van der Waals surface area contributed by atoms with Crippen molar-refractivity contribution in [1.82, 2.24) is 14.5 Å². The summed E-state index contributed by atoms with van der Waals surface area (Å²) >= 11 is 3.33. The van der Waals surface area contributed by atoms with Gasteiger partial charge < -0.3 is 4.74 Å². The number of rotatable bonds is 3. The molecule has 0 radical (unpaired) electrons. The maximum absolute atomic E-state index is 12.6. The molecule has 0 saturated carbocycles. The van der Waals surface area contributed by atoms with Gasteiger partial charge in [-0.15, -0.1) is 0 Å². The van der Waals surface area contributed by atoms with Crippen LogP contribution in [-0.4, -0.2) is 54.1 Å². The van der Waals surface area contributed by atoms with Crippen molar-refractivity contribution in [1.29, 1.82) is 0 Å². The molecule has 1 aliphatic rings. The fraction of sp³-hybridized carbons (Fsp3) is 0.700. The molecule has 1 saturated heterocycles. The Morgan fingerprint density at radius 3 is 2.83 bits per heavy atom. The maximum Gasteiger partial charge on any atom is 0.247 e. The Morgan fingerprint density at radius 1 is 1.56 bits per heavy atom. The second-order valence-corrected chi connectivity index (χ2v) is 6.74. The number of sulfonamides is 1. The molecule has 0 aliphatic carbocycles. The first-order valence-corrected chi connectivity index (χ1v) is 8.21. The van der Waals surface area contributed by atoms with Crippen LogP contribution in [0.4, 0.5) is 0 Å². The van der Waals surface area contributed by atoms with E-state index in [0.717, 1.165) is 0 Å². The van der Waals surface area contributed by atoms with Gasteiger partial charge in [-0.1, -0.05) is 15.9 Å². The van der Waals surface area contributed by atoms with Crippen LogP contribution in [0.25, 0.3) is 0 Å². The van der Waals surface area contributed by atoms with Crippen molar-refractivity contribution in [2.75, 3.05) is 25.1 Å². The van der Waals surface area contributed by atoms with Gasteiger partial charge in [0.15, 0.2) is 0 Å². The second kappa shape index (κ2) is 5.28. The van der Waals surface area contributed by atoms with Crippen LogP contribution in [0.15, 0.2) is 4.90 Å². The fourth-order valence-corrected chi connectivity index (χ4v) is 4.77. The molecule has 0 aromatic carbocycles. The number of H-pyrrole nitrogens is 1. The lowest BCUT2D eigenvalue weighted by Gasteiger charge is -2.33. The van der Waals surface area contributed by atoms with Crippen LogP contribution in [0.3, 0.4) is 0 Å². The predicted octanol–water partition coefficient (Wildman–Crippen LogP) is 0.811. The lowest BCUT2D eigenvalue weighted by atomic mass is 10.3. The second-order valence-electron chi connectivity index (χ2n) is 4.26. The Bertz CT molecular complexity index is 509. The number of aromatic nitrogens is 2. The van der Waals surface area contributed by atoms with E-state index in [1.807, 2.05) is 0 Å². The highest BCUT2D eigenvalue weighted by Gasteiger charge is 2.36. The molecule has 1 unspecified atom stereocenters. The first-order chi connectivity index (χ1) is 8.48. The molecule has 2 rings (SSSR count). The molecule has 1 N–H and O–H groups in total. The molecule has 0 bridgehead atoms. The highest BCUT2D eigenvalue weighted by molar-refractivity contribution is 9.09. The minimum absolute atomic E-state index is 0.169. The van der Waals surface area contributed by atoms with Crippen molar-refractivity contribution in [2.45, 2.75) is 24.8 Å². The van der Waals surface area contributed by atoms with E-state index >= 15 is 0 Å². The van der Waals surface area contributed by atoms with Crippen LogP contribution in [0.2, 0.25) is 0 Å². The van der Waals surface area contributed by atoms with E-state index in [1.54, 1.807) is 13.8 Å². The van der Waals surface area contributed by atoms with Gasteiger partial charge in [-0.05, 0) is 13.8 Å². The van der Waals surface area contributed by atoms with Crippen molar-refractivity contribution in [3.63, 3.8) is 0 Å². The van der Waals surface area contributed by atoms with Gasteiger partial charge in [0.25, 0.3) is 0 Å². The lowest BCUT2D eigenvalue weighted by molar-refractivity contribution is 0.0413. The quantitative estimate of drug-likeness (QED) is 0.828. The molecule has 2 heterocycles. The maximum atomic E-state index is 12.6. The number of ether oxygens (including phenoxy) is 1. The normalized spacial score (nSPS) is 22.3. The molecule has 1 aliphatic heterocycles. The minimum atomic E-state index is -3.51. The Hall–Kier alpha value is -0.440. The van der Waals surface area contributed by atoms with Crippen LogP contribution >= 0.6 is 15.9 Å². The van der Waals surface area contributed by atoms with Crippen LogP contribution in [0, 0.1) is 13.8 Å². The molecule has 6 nitrogen and oxygen atoms in total. The standard InChI is InChI=1S/C10H16BrN3O3S/c1-7-10(8(2)13-12-7)18(15,16)14-3-4-17-6-9(14)5-11/h9H,3-6H2,1-2H3,(H,12,13). The first-order valence-electron chi connectivity index (χ1n) is 5.65. The van der Waals surface area contributed by atoms with Crippen molar-refractivity contribution in [2.24, 2.45) is 0 Å². The summed E-state index contributed by atoms with van der Waals surface area (Å²) in [5.41, 5.74) is 1.08. The predicted molar refractivity (Wildman–Crippen MR) is 70.4 cm³/mol. The number of nitrogens with zero attached hydrogens (tertiary/aromatic N) is 2. The number of halogens is 1. The molecule has 1 aromatic heterocycles. The highest BCUT2D eigenvalue weighted by atomic mass is 79.9. The zero-order chi connectivity index (χ0) is 13.3. The number of aryl methyl sites for hydroxylation is 2. The Kier molecular flexibility index (Phi) is 4.10. The van der Waals surface area contributed by atoms with Crippen molar-refractivity contribution in [3.8, 4) is 0 Å². The van der Waals surface area contributed by atoms with Gasteiger partial charge in [-0.3, -0.25) is 5.10 Å². The summed E-state index contributed by atoms with van der Waals surface area (Å²) in [6.07, 6.45) is 0. The third kappa shape index (κ3) is 2.34. The van der Waals surface area contributed by atoms with E-state index in [9.17, 15) is 8.42 Å². The van der Waals surface area contributed by atoms with Crippen molar-refractivity contribution in [3.05, 3.63) is 11.4 Å². The van der Waals surface area contributed by atoms with Gasteiger partial charge in [0.05, 0.1) is 30.6 Å². The van der Waals surface area contributed by atoms with Crippen LogP contribution in [-0.2, 0) is 14.8 Å². The van der Waals surface area contributed by atoms with Crippen LogP contribution < -0.4 is 0 Å². The zero-order valence-corrected chi connectivity index (χ0v) is 12.7. The summed E-state index contributed by atoms with van der Waals surface area (Å²) in [7, 11) is -3.51. The summed E-state index contributed by atoms with van der Waals surface area (Å²) in [6.45, 7) is 4.64. The minimum Gasteiger partial charge on any atom is -0.378 e. The van der Waals surface area contributed by atoms with Crippen LogP contribution in [0.1, 0.15) is 11.4 Å². The molecule has 0 amide bonds. The van der Waals surface area contributed by atoms with Crippen molar-refractivity contribution < 1.29 is 13.2 Å². The molecular formula is C10H16BrN3O3S. The van der Waals surface area contributed by atoms with Gasteiger partial charge in [0.2, 0.25) is 10.0 Å². The number of morpholine rings is 1. The Morgan fingerprint density at radius 2 is 2.28 bits per heavy atom. The summed E-state index contributed by atoms with van der Waals surface area (Å²) < 4.78 is 32.1. The zero-order valence-electron chi connectivity index (χ0n) is 10.3. The number of nitrogens with one attached hydrogen (secondary N) is 1. The Labute approximate surface area is 115 Å². The average molecular weight is 338 g/mol. The van der Waals surface area contributed by atoms with E-state index in [-0.39, 0.29) is 10.9 Å². The van der Waals surface area contributed by atoms with Crippen molar-refractivity contribution >= 4 is 26.0 Å².